The third kappa shape index (κ3) is 6.68. The Bertz CT molecular complexity index is 581. The Kier molecular flexibility index (Phi) is 5.43. The average Bonchev–Trinajstić information content (AvgIpc) is 2.71. The molecule has 112 valence electrons. The first-order valence-electron chi connectivity index (χ1n) is 5.56. The summed E-state index contributed by atoms with van der Waals surface area (Å²) in [7, 11) is -3.12. The van der Waals surface area contributed by atoms with E-state index in [1.165, 1.54) is 6.20 Å². The van der Waals surface area contributed by atoms with E-state index in [0.717, 1.165) is 10.9 Å². The first kappa shape index (κ1) is 15.9. The van der Waals surface area contributed by atoms with E-state index in [0.29, 0.717) is 5.69 Å². The van der Waals surface area contributed by atoms with Crippen LogP contribution in [-0.4, -0.2) is 59.1 Å². The molecule has 0 aliphatic heterocycles. The smallest absolute Gasteiger partial charge is 0.325 e. The number of urea groups is 1. The molecule has 1 aromatic heterocycles. The van der Waals surface area contributed by atoms with E-state index in [1.807, 2.05) is 0 Å². The van der Waals surface area contributed by atoms with Crippen LogP contribution in [0.25, 0.3) is 0 Å². The van der Waals surface area contributed by atoms with Gasteiger partial charge in [0.25, 0.3) is 0 Å². The summed E-state index contributed by atoms with van der Waals surface area (Å²) in [6, 6.07) is -0.540. The van der Waals surface area contributed by atoms with Crippen LogP contribution in [0.4, 0.5) is 4.79 Å². The van der Waals surface area contributed by atoms with Crippen LogP contribution in [0.15, 0.2) is 6.20 Å². The van der Waals surface area contributed by atoms with E-state index in [4.69, 9.17) is 5.11 Å². The largest absolute Gasteiger partial charge is 0.480 e. The van der Waals surface area contributed by atoms with Crippen LogP contribution in [-0.2, 0) is 27.7 Å². The van der Waals surface area contributed by atoms with Gasteiger partial charge in [0.05, 0.1) is 18.5 Å². The molecule has 0 unspecified atom stereocenters. The fourth-order valence-corrected chi connectivity index (χ4v) is 1.69. The zero-order valence-electron chi connectivity index (χ0n) is 10.7. The topological polar surface area (TPSA) is 143 Å². The summed E-state index contributed by atoms with van der Waals surface area (Å²) < 4.78 is 22.8. The van der Waals surface area contributed by atoms with Gasteiger partial charge in [-0.2, -0.15) is 0 Å². The van der Waals surface area contributed by atoms with Crippen molar-refractivity contribution < 1.29 is 23.1 Å². The Morgan fingerprint density at radius 2 is 2.10 bits per heavy atom. The number of amides is 2. The second kappa shape index (κ2) is 6.84. The number of rotatable bonds is 7. The SMILES string of the molecule is CS(=O)(=O)CCNC(=O)NCc1cn(CC(=O)O)nn1. The standard InChI is InChI=1S/C9H15N5O5S/c1-20(18,19)3-2-10-9(17)11-4-7-5-14(13-12-7)6-8(15)16/h5H,2-4,6H2,1H3,(H,15,16)(H2,10,11,17). The predicted molar refractivity (Wildman–Crippen MR) is 67.6 cm³/mol. The summed E-state index contributed by atoms with van der Waals surface area (Å²) in [6.07, 6.45) is 2.47. The third-order valence-electron chi connectivity index (χ3n) is 2.07. The summed E-state index contributed by atoms with van der Waals surface area (Å²) >= 11 is 0. The average molecular weight is 305 g/mol. The maximum absolute atomic E-state index is 11.3. The van der Waals surface area contributed by atoms with Crippen molar-refractivity contribution in [1.29, 1.82) is 0 Å². The van der Waals surface area contributed by atoms with Crippen molar-refractivity contribution >= 4 is 21.8 Å². The van der Waals surface area contributed by atoms with Crippen molar-refractivity contribution in [3.63, 3.8) is 0 Å². The lowest BCUT2D eigenvalue weighted by atomic mass is 10.5. The van der Waals surface area contributed by atoms with Crippen LogP contribution >= 0.6 is 0 Å². The zero-order chi connectivity index (χ0) is 15.2. The minimum atomic E-state index is -3.12. The van der Waals surface area contributed by atoms with Crippen LogP contribution in [0, 0.1) is 0 Å². The van der Waals surface area contributed by atoms with Gasteiger partial charge in [-0.05, 0) is 0 Å². The molecule has 0 saturated heterocycles. The molecule has 20 heavy (non-hydrogen) atoms. The molecule has 10 nitrogen and oxygen atoms in total. The molecule has 1 heterocycles. The van der Waals surface area contributed by atoms with E-state index in [9.17, 15) is 18.0 Å². The number of aromatic nitrogens is 3. The molecule has 0 saturated carbocycles. The lowest BCUT2D eigenvalue weighted by Crippen LogP contribution is -2.37. The number of hydrogen-bond donors (Lipinski definition) is 3. The van der Waals surface area contributed by atoms with Gasteiger partial charge in [0.2, 0.25) is 0 Å². The molecule has 1 aromatic rings. The number of carboxylic acids is 1. The summed E-state index contributed by atoms with van der Waals surface area (Å²) in [5.41, 5.74) is 0.393. The van der Waals surface area contributed by atoms with E-state index < -0.39 is 21.8 Å². The second-order valence-electron chi connectivity index (χ2n) is 4.04. The van der Waals surface area contributed by atoms with Crippen molar-refractivity contribution in [2.75, 3.05) is 18.6 Å². The Balaban J connectivity index is 2.30. The highest BCUT2D eigenvalue weighted by atomic mass is 32.2. The van der Waals surface area contributed by atoms with Gasteiger partial charge in [0.1, 0.15) is 22.1 Å². The number of nitrogens with zero attached hydrogens (tertiary/aromatic N) is 3. The monoisotopic (exact) mass is 305 g/mol. The fraction of sp³-hybridized carbons (Fsp3) is 0.556. The summed E-state index contributed by atoms with van der Waals surface area (Å²) in [4.78, 5) is 21.7. The second-order valence-corrected chi connectivity index (χ2v) is 6.30. The van der Waals surface area contributed by atoms with Gasteiger partial charge in [0, 0.05) is 12.8 Å². The van der Waals surface area contributed by atoms with Crippen molar-refractivity contribution in [2.45, 2.75) is 13.1 Å². The van der Waals surface area contributed by atoms with Gasteiger partial charge in [-0.15, -0.1) is 5.10 Å². The van der Waals surface area contributed by atoms with Gasteiger partial charge in [-0.3, -0.25) is 4.79 Å². The van der Waals surface area contributed by atoms with Gasteiger partial charge < -0.3 is 15.7 Å². The molecular weight excluding hydrogens is 290 g/mol. The highest BCUT2D eigenvalue weighted by Gasteiger charge is 2.07. The molecule has 1 rings (SSSR count). The predicted octanol–water partition coefficient (Wildman–Crippen LogP) is -1.79. The third-order valence-corrected chi connectivity index (χ3v) is 3.02. The van der Waals surface area contributed by atoms with Crippen LogP contribution in [0.2, 0.25) is 0 Å². The van der Waals surface area contributed by atoms with Crippen molar-refractivity contribution in [2.24, 2.45) is 0 Å². The number of carboxylic acid groups (broad SMARTS) is 1. The van der Waals surface area contributed by atoms with Crippen LogP contribution in [0.1, 0.15) is 5.69 Å². The quantitative estimate of drug-likeness (QED) is 0.539. The molecule has 0 atom stereocenters. The van der Waals surface area contributed by atoms with Crippen LogP contribution in [0.3, 0.4) is 0 Å². The maximum Gasteiger partial charge on any atom is 0.325 e. The van der Waals surface area contributed by atoms with Crippen molar-refractivity contribution in [1.82, 2.24) is 25.6 Å². The van der Waals surface area contributed by atoms with E-state index in [-0.39, 0.29) is 25.4 Å². The molecule has 3 N–H and O–H groups in total. The first-order chi connectivity index (χ1) is 9.26. The van der Waals surface area contributed by atoms with E-state index in [2.05, 4.69) is 20.9 Å². The molecule has 0 fully saturated rings. The lowest BCUT2D eigenvalue weighted by Gasteiger charge is -2.05. The van der Waals surface area contributed by atoms with Gasteiger partial charge in [0.15, 0.2) is 0 Å². The Labute approximate surface area is 115 Å². The van der Waals surface area contributed by atoms with Crippen LogP contribution < -0.4 is 10.6 Å². The minimum absolute atomic E-state index is 0.0103. The Hall–Kier alpha value is -2.17. The highest BCUT2D eigenvalue weighted by molar-refractivity contribution is 7.90. The molecule has 0 aromatic carbocycles. The molecular formula is C9H15N5O5S. The number of sulfone groups is 1. The number of aliphatic carboxylic acids is 1. The summed E-state index contributed by atoms with van der Waals surface area (Å²) in [6.45, 7) is -0.242. The molecule has 0 aliphatic carbocycles. The van der Waals surface area contributed by atoms with E-state index >= 15 is 0 Å². The Morgan fingerprint density at radius 1 is 1.40 bits per heavy atom. The number of carbonyl (C=O) groups is 2. The van der Waals surface area contributed by atoms with Gasteiger partial charge in [-0.25, -0.2) is 17.9 Å². The minimum Gasteiger partial charge on any atom is -0.480 e. The lowest BCUT2D eigenvalue weighted by molar-refractivity contribution is -0.137. The first-order valence-corrected chi connectivity index (χ1v) is 7.62. The number of carbonyl (C=O) groups excluding carboxylic acids is 1. The van der Waals surface area contributed by atoms with Gasteiger partial charge >= 0.3 is 12.0 Å². The highest BCUT2D eigenvalue weighted by Crippen LogP contribution is 1.92. The number of nitrogens with one attached hydrogen (secondary N) is 2. The molecule has 2 amide bonds. The molecule has 0 spiro atoms. The molecule has 0 aliphatic rings. The normalized spacial score (nSPS) is 11.1. The molecule has 0 radical (unpaired) electrons. The fourth-order valence-electron chi connectivity index (χ4n) is 1.22. The van der Waals surface area contributed by atoms with E-state index in [1.54, 1.807) is 0 Å². The van der Waals surface area contributed by atoms with Crippen molar-refractivity contribution in [3.05, 3.63) is 11.9 Å². The molecule has 11 heteroatoms. The number of hydrogen-bond acceptors (Lipinski definition) is 6. The molecule has 0 bridgehead atoms. The maximum atomic E-state index is 11.3. The van der Waals surface area contributed by atoms with Gasteiger partial charge in [-0.1, -0.05) is 5.21 Å². The Morgan fingerprint density at radius 3 is 2.70 bits per heavy atom. The van der Waals surface area contributed by atoms with Crippen LogP contribution in [0.5, 0.6) is 0 Å². The summed E-state index contributed by atoms with van der Waals surface area (Å²) in [5, 5.41) is 20.6. The zero-order valence-corrected chi connectivity index (χ0v) is 11.6. The summed E-state index contributed by atoms with van der Waals surface area (Å²) in [5.74, 6) is -1.19. The van der Waals surface area contributed by atoms with Crippen molar-refractivity contribution in [3.8, 4) is 0 Å².